The minimum Gasteiger partial charge on any atom is -0.491 e. The topological polar surface area (TPSA) is 18.5 Å². The molecule has 18 heavy (non-hydrogen) atoms. The molecule has 2 rings (SSSR count). The first-order valence-corrected chi connectivity index (χ1v) is 7.02. The van der Waals surface area contributed by atoms with Gasteiger partial charge in [0.15, 0.2) is 0 Å². The van der Waals surface area contributed by atoms with Gasteiger partial charge in [0.05, 0.1) is 6.61 Å². The summed E-state index contributed by atoms with van der Waals surface area (Å²) in [6.07, 6.45) is 2.25. The molecule has 2 nitrogen and oxygen atoms in total. The lowest BCUT2D eigenvalue weighted by atomic mass is 9.89. The van der Waals surface area contributed by atoms with Crippen molar-refractivity contribution in [2.45, 2.75) is 31.1 Å². The molecule has 0 saturated heterocycles. The Morgan fingerprint density at radius 3 is 2.67 bits per heavy atom. The average Bonchev–Trinajstić information content (AvgIpc) is 2.71. The van der Waals surface area contributed by atoms with E-state index in [0.717, 1.165) is 18.6 Å². The Labute approximate surface area is 114 Å². The number of para-hydroxylation sites is 1. The Morgan fingerprint density at radius 1 is 1.22 bits per heavy atom. The number of hydrogen-bond donors (Lipinski definition) is 0. The van der Waals surface area contributed by atoms with E-state index in [9.17, 15) is 0 Å². The Hall–Kier alpha value is -0.730. The molecule has 1 fully saturated rings. The second-order valence-electron chi connectivity index (χ2n) is 4.94. The fourth-order valence-electron chi connectivity index (χ4n) is 2.71. The van der Waals surface area contributed by atoms with E-state index < -0.39 is 0 Å². The Bertz CT molecular complexity index is 381. The van der Waals surface area contributed by atoms with Crippen LogP contribution in [0.15, 0.2) is 24.3 Å². The van der Waals surface area contributed by atoms with Gasteiger partial charge >= 0.3 is 0 Å². The van der Waals surface area contributed by atoms with Gasteiger partial charge in [0.2, 0.25) is 0 Å². The number of rotatable bonds is 5. The molecule has 0 N–H and O–H groups in total. The fraction of sp³-hybridized carbons (Fsp3) is 0.600. The van der Waals surface area contributed by atoms with Crippen molar-refractivity contribution in [2.24, 2.45) is 5.92 Å². The molecule has 0 aromatic heterocycles. The zero-order valence-corrected chi connectivity index (χ0v) is 11.8. The highest BCUT2D eigenvalue weighted by Crippen LogP contribution is 2.44. The lowest BCUT2D eigenvalue weighted by molar-refractivity contribution is 0.145. The van der Waals surface area contributed by atoms with Crippen LogP contribution < -0.4 is 4.74 Å². The molecule has 0 bridgehead atoms. The van der Waals surface area contributed by atoms with E-state index in [2.05, 4.69) is 19.1 Å². The van der Waals surface area contributed by atoms with Gasteiger partial charge in [0.25, 0.3) is 0 Å². The smallest absolute Gasteiger partial charge is 0.122 e. The van der Waals surface area contributed by atoms with E-state index in [1.54, 1.807) is 7.11 Å². The van der Waals surface area contributed by atoms with E-state index in [4.69, 9.17) is 21.1 Å². The van der Waals surface area contributed by atoms with E-state index in [0.29, 0.717) is 30.4 Å². The molecule has 0 aliphatic heterocycles. The zero-order valence-electron chi connectivity index (χ0n) is 11.1. The molecule has 1 aliphatic rings. The van der Waals surface area contributed by atoms with Crippen molar-refractivity contribution >= 4 is 11.6 Å². The van der Waals surface area contributed by atoms with Crippen LogP contribution in [0.2, 0.25) is 0 Å². The minimum atomic E-state index is 0.294. The fourth-order valence-corrected chi connectivity index (χ4v) is 3.01. The monoisotopic (exact) mass is 268 g/mol. The molecule has 1 aromatic carbocycles. The van der Waals surface area contributed by atoms with Gasteiger partial charge in [0.1, 0.15) is 12.4 Å². The molecule has 3 heteroatoms. The summed E-state index contributed by atoms with van der Waals surface area (Å²) in [5.74, 6) is 2.02. The molecule has 0 spiro atoms. The summed E-state index contributed by atoms with van der Waals surface area (Å²) in [4.78, 5) is 0. The largest absolute Gasteiger partial charge is 0.491 e. The zero-order chi connectivity index (χ0) is 13.0. The first-order chi connectivity index (χ1) is 8.74. The van der Waals surface area contributed by atoms with Gasteiger partial charge < -0.3 is 9.47 Å². The number of ether oxygens (including phenoxy) is 2. The number of hydrogen-bond acceptors (Lipinski definition) is 2. The third kappa shape index (κ3) is 2.99. The van der Waals surface area contributed by atoms with Gasteiger partial charge in [-0.2, -0.15) is 0 Å². The minimum absolute atomic E-state index is 0.294. The highest BCUT2D eigenvalue weighted by atomic mass is 35.5. The van der Waals surface area contributed by atoms with Crippen molar-refractivity contribution in [3.8, 4) is 5.75 Å². The van der Waals surface area contributed by atoms with Gasteiger partial charge in [-0.05, 0) is 36.3 Å². The Balaban J connectivity index is 2.12. The SMILES string of the molecule is COCCOc1ccccc1C1CCC(Cl)C1C. The molecule has 1 aliphatic carbocycles. The van der Waals surface area contributed by atoms with Gasteiger partial charge in [-0.1, -0.05) is 25.1 Å². The molecule has 100 valence electrons. The second kappa shape index (κ2) is 6.44. The van der Waals surface area contributed by atoms with Gasteiger partial charge in [-0.15, -0.1) is 11.6 Å². The van der Waals surface area contributed by atoms with Gasteiger partial charge in [0, 0.05) is 12.5 Å². The molecule has 1 saturated carbocycles. The third-order valence-electron chi connectivity index (χ3n) is 3.82. The first kappa shape index (κ1) is 13.7. The summed E-state index contributed by atoms with van der Waals surface area (Å²) >= 11 is 6.33. The molecule has 1 aromatic rings. The van der Waals surface area contributed by atoms with E-state index >= 15 is 0 Å². The Morgan fingerprint density at radius 2 is 2.00 bits per heavy atom. The van der Waals surface area contributed by atoms with Crippen LogP contribution in [0.5, 0.6) is 5.75 Å². The second-order valence-corrected chi connectivity index (χ2v) is 5.50. The number of methoxy groups -OCH3 is 1. The lowest BCUT2D eigenvalue weighted by Gasteiger charge is -2.20. The third-order valence-corrected chi connectivity index (χ3v) is 4.44. The maximum atomic E-state index is 6.33. The maximum Gasteiger partial charge on any atom is 0.122 e. The molecule has 3 unspecified atom stereocenters. The number of halogens is 1. The van der Waals surface area contributed by atoms with Crippen molar-refractivity contribution in [1.29, 1.82) is 0 Å². The van der Waals surface area contributed by atoms with Crippen LogP contribution in [-0.4, -0.2) is 25.7 Å². The quantitative estimate of drug-likeness (QED) is 0.597. The normalized spacial score (nSPS) is 27.4. The molecule has 0 radical (unpaired) electrons. The summed E-state index contributed by atoms with van der Waals surface area (Å²) in [6, 6.07) is 8.30. The van der Waals surface area contributed by atoms with E-state index in [-0.39, 0.29) is 0 Å². The highest BCUT2D eigenvalue weighted by molar-refractivity contribution is 6.21. The molecular weight excluding hydrogens is 248 g/mol. The van der Waals surface area contributed by atoms with E-state index in [1.807, 2.05) is 12.1 Å². The van der Waals surface area contributed by atoms with Crippen LogP contribution in [0, 0.1) is 5.92 Å². The van der Waals surface area contributed by atoms with Crippen molar-refractivity contribution in [3.63, 3.8) is 0 Å². The Kier molecular flexibility index (Phi) is 4.90. The van der Waals surface area contributed by atoms with E-state index in [1.165, 1.54) is 5.56 Å². The van der Waals surface area contributed by atoms with Crippen LogP contribution in [0.25, 0.3) is 0 Å². The predicted octanol–water partition coefficient (Wildman–Crippen LogP) is 3.83. The average molecular weight is 269 g/mol. The summed E-state index contributed by atoms with van der Waals surface area (Å²) in [6.45, 7) is 3.45. The molecular formula is C15H21ClO2. The molecule has 0 amide bonds. The van der Waals surface area contributed by atoms with Crippen molar-refractivity contribution < 1.29 is 9.47 Å². The van der Waals surface area contributed by atoms with Crippen molar-refractivity contribution in [3.05, 3.63) is 29.8 Å². The van der Waals surface area contributed by atoms with Gasteiger partial charge in [-0.25, -0.2) is 0 Å². The van der Waals surface area contributed by atoms with Crippen LogP contribution in [0.3, 0.4) is 0 Å². The lowest BCUT2D eigenvalue weighted by Crippen LogP contribution is -2.12. The van der Waals surface area contributed by atoms with Crippen LogP contribution in [-0.2, 0) is 4.74 Å². The number of alkyl halides is 1. The summed E-state index contributed by atoms with van der Waals surface area (Å²) in [5, 5.41) is 0.294. The highest BCUT2D eigenvalue weighted by Gasteiger charge is 2.33. The molecule has 3 atom stereocenters. The van der Waals surface area contributed by atoms with Crippen molar-refractivity contribution in [2.75, 3.05) is 20.3 Å². The number of benzene rings is 1. The van der Waals surface area contributed by atoms with Gasteiger partial charge in [-0.3, -0.25) is 0 Å². The first-order valence-electron chi connectivity index (χ1n) is 6.58. The standard InChI is InChI=1S/C15H21ClO2/c1-11-12(7-8-14(11)16)13-5-3-4-6-15(13)18-10-9-17-2/h3-6,11-12,14H,7-10H2,1-2H3. The molecule has 0 heterocycles. The summed E-state index contributed by atoms with van der Waals surface area (Å²) in [7, 11) is 1.69. The maximum absolute atomic E-state index is 6.33. The van der Waals surface area contributed by atoms with Crippen LogP contribution in [0.4, 0.5) is 0 Å². The summed E-state index contributed by atoms with van der Waals surface area (Å²) in [5.41, 5.74) is 1.30. The van der Waals surface area contributed by atoms with Crippen LogP contribution >= 0.6 is 11.6 Å². The van der Waals surface area contributed by atoms with Crippen molar-refractivity contribution in [1.82, 2.24) is 0 Å². The predicted molar refractivity (Wildman–Crippen MR) is 74.6 cm³/mol. The summed E-state index contributed by atoms with van der Waals surface area (Å²) < 4.78 is 10.8. The van der Waals surface area contributed by atoms with Crippen LogP contribution in [0.1, 0.15) is 31.2 Å².